The summed E-state index contributed by atoms with van der Waals surface area (Å²) in [5.41, 5.74) is 9.65. The van der Waals surface area contributed by atoms with E-state index in [0.29, 0.717) is 0 Å². The molecule has 0 aliphatic heterocycles. The number of aryl methyl sites for hydroxylation is 2. The van der Waals surface area contributed by atoms with Gasteiger partial charge in [-0.1, -0.05) is 87.8 Å². The fraction of sp³-hybridized carbons (Fsp3) is 0.263. The van der Waals surface area contributed by atoms with E-state index in [-0.39, 0.29) is 25.5 Å². The summed E-state index contributed by atoms with van der Waals surface area (Å²) in [6.07, 6.45) is 4.95. The maximum atomic E-state index is 6.41. The minimum absolute atomic E-state index is 0. The van der Waals surface area contributed by atoms with E-state index in [9.17, 15) is 0 Å². The van der Waals surface area contributed by atoms with Gasteiger partial charge in [-0.25, -0.2) is 0 Å². The molecule has 0 N–H and O–H groups in total. The third-order valence-electron chi connectivity index (χ3n) is 8.13. The number of nitrogens with zero attached hydrogens (tertiary/aromatic N) is 2. The average molecular weight is 761 g/mol. The van der Waals surface area contributed by atoms with Gasteiger partial charge < -0.3 is 14.4 Å². The second kappa shape index (κ2) is 13.1. The Labute approximate surface area is 271 Å². The van der Waals surface area contributed by atoms with Crippen molar-refractivity contribution in [1.82, 2.24) is 9.97 Å². The van der Waals surface area contributed by atoms with Crippen LogP contribution in [0.15, 0.2) is 89.6 Å². The number of furan rings is 1. The quantitative estimate of drug-likeness (QED) is 0.130. The van der Waals surface area contributed by atoms with Crippen molar-refractivity contribution in [3.05, 3.63) is 114 Å². The summed E-state index contributed by atoms with van der Waals surface area (Å²) in [5, 5.41) is 3.83. The van der Waals surface area contributed by atoms with E-state index in [2.05, 4.69) is 101 Å². The van der Waals surface area contributed by atoms with Crippen LogP contribution < -0.4 is 5.19 Å². The molecule has 6 aromatic rings. The Balaban J connectivity index is 0.000000253. The first-order valence-electron chi connectivity index (χ1n) is 14.7. The molecule has 6 rings (SSSR count). The number of aromatic nitrogens is 2. The standard InChI is InChI=1S/C26H30NOSi.C12H10N.Ir/c1-8-26(3,4)20-15-21(27-16-17(20)2)18-13-14-23(29(5,6)7)24-19-11-9-10-12-22(19)28-25(18)24;1-10-7-8-12(13-9-10)11-5-3-2-4-6-11;/h9-12,14-16H,8H2,1-7H3;2-5,7-9H,1H3;/q2*-1;. The number of para-hydroxylation sites is 1. The van der Waals surface area contributed by atoms with Crippen LogP contribution in [-0.4, -0.2) is 18.0 Å². The predicted molar refractivity (Wildman–Crippen MR) is 180 cm³/mol. The monoisotopic (exact) mass is 761 g/mol. The van der Waals surface area contributed by atoms with Gasteiger partial charge in [-0.2, -0.15) is 0 Å². The number of benzene rings is 3. The summed E-state index contributed by atoms with van der Waals surface area (Å²) in [6, 6.07) is 31.4. The summed E-state index contributed by atoms with van der Waals surface area (Å²) in [4.78, 5) is 9.11. The zero-order valence-corrected chi connectivity index (χ0v) is 29.8. The van der Waals surface area contributed by atoms with Gasteiger partial charge in [-0.05, 0) is 59.8 Å². The number of pyridine rings is 2. The fourth-order valence-corrected chi connectivity index (χ4v) is 6.82. The Hall–Kier alpha value is -3.37. The summed E-state index contributed by atoms with van der Waals surface area (Å²) in [5.74, 6) is 0. The number of hydrogen-bond acceptors (Lipinski definition) is 3. The summed E-state index contributed by atoms with van der Waals surface area (Å²) in [6.45, 7) is 18.2. The van der Waals surface area contributed by atoms with E-state index in [4.69, 9.17) is 9.40 Å². The van der Waals surface area contributed by atoms with Crippen molar-refractivity contribution in [3.8, 4) is 22.5 Å². The van der Waals surface area contributed by atoms with Crippen LogP contribution in [0.5, 0.6) is 0 Å². The molecule has 5 heteroatoms. The van der Waals surface area contributed by atoms with E-state index in [1.165, 1.54) is 32.6 Å². The second-order valence-electron chi connectivity index (χ2n) is 12.7. The second-order valence-corrected chi connectivity index (χ2v) is 17.8. The Kier molecular flexibility index (Phi) is 9.91. The zero-order valence-electron chi connectivity index (χ0n) is 26.4. The van der Waals surface area contributed by atoms with Crippen molar-refractivity contribution in [1.29, 1.82) is 0 Å². The van der Waals surface area contributed by atoms with Gasteiger partial charge >= 0.3 is 0 Å². The van der Waals surface area contributed by atoms with Crippen LogP contribution in [0.3, 0.4) is 0 Å². The first kappa shape index (κ1) is 32.5. The third-order valence-corrected chi connectivity index (χ3v) is 10.1. The summed E-state index contributed by atoms with van der Waals surface area (Å²) >= 11 is 0. The SMILES string of the molecule is CCC(C)(C)c1cc(-c2[c-]cc([Si](C)(C)C)c3c2oc2ccccc23)ncc1C.Cc1ccc(-c2[c-]cccc2)nc1.[Ir]. The van der Waals surface area contributed by atoms with Crippen LogP contribution in [0, 0.1) is 26.0 Å². The van der Waals surface area contributed by atoms with Gasteiger partial charge in [0.1, 0.15) is 5.58 Å². The molecule has 0 aliphatic carbocycles. The van der Waals surface area contributed by atoms with Gasteiger partial charge in [0.2, 0.25) is 0 Å². The van der Waals surface area contributed by atoms with Crippen molar-refractivity contribution < 1.29 is 24.5 Å². The molecule has 0 unspecified atom stereocenters. The fourth-order valence-electron chi connectivity index (χ4n) is 5.31. The van der Waals surface area contributed by atoms with Crippen LogP contribution in [0.1, 0.15) is 43.9 Å². The van der Waals surface area contributed by atoms with E-state index in [0.717, 1.165) is 40.1 Å². The van der Waals surface area contributed by atoms with Gasteiger partial charge in [0, 0.05) is 46.0 Å². The molecule has 0 fully saturated rings. The van der Waals surface area contributed by atoms with Crippen molar-refractivity contribution in [2.24, 2.45) is 0 Å². The van der Waals surface area contributed by atoms with Crippen molar-refractivity contribution in [2.75, 3.05) is 0 Å². The minimum atomic E-state index is -1.57. The largest absolute Gasteiger partial charge is 0.501 e. The molecule has 1 radical (unpaired) electrons. The molecule has 0 saturated heterocycles. The van der Waals surface area contributed by atoms with E-state index < -0.39 is 8.07 Å². The van der Waals surface area contributed by atoms with E-state index in [1.807, 2.05) is 55.7 Å². The summed E-state index contributed by atoms with van der Waals surface area (Å²) in [7, 11) is -1.57. The average Bonchev–Trinajstić information content (AvgIpc) is 3.37. The molecule has 3 aromatic carbocycles. The predicted octanol–water partition coefficient (Wildman–Crippen LogP) is 9.84. The number of rotatable bonds is 5. The maximum absolute atomic E-state index is 6.41. The first-order chi connectivity index (χ1) is 20.0. The molecule has 43 heavy (non-hydrogen) atoms. The zero-order chi connectivity index (χ0) is 30.1. The molecule has 0 amide bonds. The Morgan fingerprint density at radius 3 is 2.23 bits per heavy atom. The van der Waals surface area contributed by atoms with Crippen LogP contribution in [0.25, 0.3) is 44.5 Å². The van der Waals surface area contributed by atoms with Crippen LogP contribution in [0.2, 0.25) is 19.6 Å². The number of fused-ring (bicyclic) bond motifs is 3. The van der Waals surface area contributed by atoms with Crippen molar-refractivity contribution in [2.45, 2.75) is 66.1 Å². The van der Waals surface area contributed by atoms with Crippen molar-refractivity contribution >= 4 is 35.2 Å². The molecule has 223 valence electrons. The smallest absolute Gasteiger partial charge is 0.120 e. The Morgan fingerprint density at radius 2 is 1.58 bits per heavy atom. The molecule has 0 atom stereocenters. The topological polar surface area (TPSA) is 38.9 Å². The molecule has 3 heterocycles. The molecular formula is C38H40IrN2OSi-2. The van der Waals surface area contributed by atoms with Crippen LogP contribution in [0.4, 0.5) is 0 Å². The van der Waals surface area contributed by atoms with Gasteiger partial charge in [-0.3, -0.25) is 0 Å². The normalized spacial score (nSPS) is 11.6. The molecule has 3 aromatic heterocycles. The first-order valence-corrected chi connectivity index (χ1v) is 18.2. The Bertz CT molecular complexity index is 1830. The molecule has 0 spiro atoms. The molecular weight excluding hydrogens is 721 g/mol. The van der Waals surface area contributed by atoms with E-state index >= 15 is 0 Å². The molecule has 3 nitrogen and oxygen atoms in total. The van der Waals surface area contributed by atoms with Gasteiger partial charge in [0.15, 0.2) is 0 Å². The summed E-state index contributed by atoms with van der Waals surface area (Å²) < 4.78 is 6.41. The molecule has 0 saturated carbocycles. The Morgan fingerprint density at radius 1 is 0.860 bits per heavy atom. The van der Waals surface area contributed by atoms with Crippen LogP contribution >= 0.6 is 0 Å². The number of hydrogen-bond donors (Lipinski definition) is 0. The van der Waals surface area contributed by atoms with Crippen LogP contribution in [-0.2, 0) is 25.5 Å². The van der Waals surface area contributed by atoms with Gasteiger partial charge in [0.05, 0.1) is 5.58 Å². The van der Waals surface area contributed by atoms with Crippen molar-refractivity contribution in [3.63, 3.8) is 0 Å². The third kappa shape index (κ3) is 6.91. The molecule has 0 aliphatic rings. The molecule has 0 bridgehead atoms. The maximum Gasteiger partial charge on any atom is 0.120 e. The van der Waals surface area contributed by atoms with E-state index in [1.54, 1.807) is 0 Å². The minimum Gasteiger partial charge on any atom is -0.501 e. The van der Waals surface area contributed by atoms with Gasteiger partial charge in [0.25, 0.3) is 0 Å². The van der Waals surface area contributed by atoms with Gasteiger partial charge in [-0.15, -0.1) is 53.2 Å².